The van der Waals surface area contributed by atoms with Gasteiger partial charge in [0, 0.05) is 17.3 Å². The number of phenols is 1. The number of H-pyrrole nitrogens is 1. The van der Waals surface area contributed by atoms with Gasteiger partial charge >= 0.3 is 0 Å². The summed E-state index contributed by atoms with van der Waals surface area (Å²) in [4.78, 5) is 0. The standard InChI is InChI=1S/C11H12N2O/c1-2-8-9(4-3-5-11(8)14)10-6-7-12-13-10/h3-7,14H,2H2,1H3,(H,12,13). The van der Waals surface area contributed by atoms with Crippen LogP contribution in [0.2, 0.25) is 0 Å². The lowest BCUT2D eigenvalue weighted by Gasteiger charge is -2.06. The van der Waals surface area contributed by atoms with Gasteiger partial charge in [-0.2, -0.15) is 5.10 Å². The molecule has 0 radical (unpaired) electrons. The number of hydrogen-bond acceptors (Lipinski definition) is 2. The lowest BCUT2D eigenvalue weighted by atomic mass is 10.0. The summed E-state index contributed by atoms with van der Waals surface area (Å²) < 4.78 is 0. The average Bonchev–Trinajstić information content (AvgIpc) is 2.70. The van der Waals surface area contributed by atoms with Crippen molar-refractivity contribution in [3.05, 3.63) is 36.0 Å². The summed E-state index contributed by atoms with van der Waals surface area (Å²) in [5.74, 6) is 0.341. The molecular formula is C11H12N2O. The molecule has 0 aliphatic carbocycles. The summed E-state index contributed by atoms with van der Waals surface area (Å²) >= 11 is 0. The van der Waals surface area contributed by atoms with E-state index in [1.54, 1.807) is 12.3 Å². The van der Waals surface area contributed by atoms with Gasteiger partial charge in [0.15, 0.2) is 0 Å². The molecule has 14 heavy (non-hydrogen) atoms. The van der Waals surface area contributed by atoms with Crippen LogP contribution in [0, 0.1) is 0 Å². The summed E-state index contributed by atoms with van der Waals surface area (Å²) in [7, 11) is 0. The van der Waals surface area contributed by atoms with Gasteiger partial charge in [0.1, 0.15) is 5.75 Å². The van der Waals surface area contributed by atoms with Crippen molar-refractivity contribution in [1.82, 2.24) is 10.2 Å². The number of rotatable bonds is 2. The molecule has 1 aromatic heterocycles. The minimum Gasteiger partial charge on any atom is -0.508 e. The SMILES string of the molecule is CCc1c(O)cccc1-c1cc[nH]n1. The monoisotopic (exact) mass is 188 g/mol. The van der Waals surface area contributed by atoms with Crippen LogP contribution in [-0.2, 0) is 6.42 Å². The molecule has 0 aliphatic rings. The summed E-state index contributed by atoms with van der Waals surface area (Å²) in [5, 5.41) is 16.5. The maximum atomic E-state index is 9.65. The Morgan fingerprint density at radius 2 is 2.21 bits per heavy atom. The first-order valence-corrected chi connectivity index (χ1v) is 4.64. The number of nitrogens with one attached hydrogen (secondary N) is 1. The minimum atomic E-state index is 0.341. The second kappa shape index (κ2) is 3.54. The van der Waals surface area contributed by atoms with Crippen LogP contribution in [0.4, 0.5) is 0 Å². The number of aromatic amines is 1. The topological polar surface area (TPSA) is 48.9 Å². The van der Waals surface area contributed by atoms with E-state index in [1.165, 1.54) is 0 Å². The highest BCUT2D eigenvalue weighted by molar-refractivity contribution is 5.66. The third-order valence-electron chi connectivity index (χ3n) is 2.28. The fraction of sp³-hybridized carbons (Fsp3) is 0.182. The summed E-state index contributed by atoms with van der Waals surface area (Å²) in [5.41, 5.74) is 2.81. The van der Waals surface area contributed by atoms with Gasteiger partial charge in [-0.1, -0.05) is 19.1 Å². The molecule has 2 N–H and O–H groups in total. The van der Waals surface area contributed by atoms with E-state index in [2.05, 4.69) is 10.2 Å². The van der Waals surface area contributed by atoms with Crippen molar-refractivity contribution in [3.63, 3.8) is 0 Å². The molecule has 0 saturated carbocycles. The van der Waals surface area contributed by atoms with Gasteiger partial charge in [-0.05, 0) is 18.6 Å². The third kappa shape index (κ3) is 1.37. The largest absolute Gasteiger partial charge is 0.508 e. The highest BCUT2D eigenvalue weighted by Gasteiger charge is 2.08. The Morgan fingerprint density at radius 3 is 2.86 bits per heavy atom. The van der Waals surface area contributed by atoms with Crippen molar-refractivity contribution >= 4 is 0 Å². The zero-order valence-electron chi connectivity index (χ0n) is 7.99. The zero-order valence-corrected chi connectivity index (χ0v) is 7.99. The van der Waals surface area contributed by atoms with Gasteiger partial charge < -0.3 is 5.11 Å². The zero-order chi connectivity index (χ0) is 9.97. The number of benzene rings is 1. The van der Waals surface area contributed by atoms with Crippen molar-refractivity contribution < 1.29 is 5.11 Å². The van der Waals surface area contributed by atoms with Crippen molar-refractivity contribution in [2.75, 3.05) is 0 Å². The van der Waals surface area contributed by atoms with Crippen molar-refractivity contribution in [2.24, 2.45) is 0 Å². The number of phenolic OH excluding ortho intramolecular Hbond substituents is 1. The number of aromatic hydroxyl groups is 1. The molecule has 0 aliphatic heterocycles. The molecule has 0 atom stereocenters. The molecule has 0 fully saturated rings. The second-order valence-electron chi connectivity index (χ2n) is 3.12. The van der Waals surface area contributed by atoms with E-state index < -0.39 is 0 Å². The van der Waals surface area contributed by atoms with E-state index >= 15 is 0 Å². The molecule has 2 rings (SSSR count). The van der Waals surface area contributed by atoms with Crippen LogP contribution < -0.4 is 0 Å². The van der Waals surface area contributed by atoms with Gasteiger partial charge in [0.25, 0.3) is 0 Å². The molecule has 3 heteroatoms. The molecule has 3 nitrogen and oxygen atoms in total. The molecule has 0 amide bonds. The molecular weight excluding hydrogens is 176 g/mol. The Labute approximate surface area is 82.4 Å². The van der Waals surface area contributed by atoms with Crippen LogP contribution in [0.5, 0.6) is 5.75 Å². The van der Waals surface area contributed by atoms with Crippen LogP contribution in [0.1, 0.15) is 12.5 Å². The Hall–Kier alpha value is -1.77. The molecule has 72 valence electrons. The molecule has 1 heterocycles. The first kappa shape index (κ1) is 8.81. The Morgan fingerprint density at radius 1 is 1.36 bits per heavy atom. The number of aromatic nitrogens is 2. The predicted molar refractivity (Wildman–Crippen MR) is 55.1 cm³/mol. The third-order valence-corrected chi connectivity index (χ3v) is 2.28. The van der Waals surface area contributed by atoms with Crippen LogP contribution in [-0.4, -0.2) is 15.3 Å². The van der Waals surface area contributed by atoms with Crippen LogP contribution >= 0.6 is 0 Å². The van der Waals surface area contributed by atoms with E-state index in [1.807, 2.05) is 25.1 Å². The normalized spacial score (nSPS) is 10.4. The van der Waals surface area contributed by atoms with E-state index in [0.29, 0.717) is 5.75 Å². The quantitative estimate of drug-likeness (QED) is 0.760. The smallest absolute Gasteiger partial charge is 0.119 e. The highest BCUT2D eigenvalue weighted by Crippen LogP contribution is 2.28. The molecule has 0 saturated heterocycles. The van der Waals surface area contributed by atoms with Gasteiger partial charge in [-0.3, -0.25) is 5.10 Å². The molecule has 0 unspecified atom stereocenters. The summed E-state index contributed by atoms with van der Waals surface area (Å²) in [6.07, 6.45) is 2.58. The van der Waals surface area contributed by atoms with E-state index in [4.69, 9.17) is 0 Å². The first-order chi connectivity index (χ1) is 6.83. The molecule has 1 aromatic carbocycles. The Bertz CT molecular complexity index is 421. The summed E-state index contributed by atoms with van der Waals surface area (Å²) in [6.45, 7) is 2.02. The highest BCUT2D eigenvalue weighted by atomic mass is 16.3. The van der Waals surface area contributed by atoms with Gasteiger partial charge in [-0.15, -0.1) is 0 Å². The van der Waals surface area contributed by atoms with Gasteiger partial charge in [0.2, 0.25) is 0 Å². The number of nitrogens with zero attached hydrogens (tertiary/aromatic N) is 1. The fourth-order valence-corrected chi connectivity index (χ4v) is 1.60. The predicted octanol–water partition coefficient (Wildman–Crippen LogP) is 2.34. The van der Waals surface area contributed by atoms with E-state index in [0.717, 1.165) is 23.2 Å². The van der Waals surface area contributed by atoms with Crippen LogP contribution in [0.25, 0.3) is 11.3 Å². The molecule has 0 bridgehead atoms. The minimum absolute atomic E-state index is 0.341. The second-order valence-corrected chi connectivity index (χ2v) is 3.12. The number of hydrogen-bond donors (Lipinski definition) is 2. The van der Waals surface area contributed by atoms with Crippen molar-refractivity contribution in [1.29, 1.82) is 0 Å². The van der Waals surface area contributed by atoms with Crippen molar-refractivity contribution in [2.45, 2.75) is 13.3 Å². The van der Waals surface area contributed by atoms with Gasteiger partial charge in [-0.25, -0.2) is 0 Å². The van der Waals surface area contributed by atoms with Crippen LogP contribution in [0.3, 0.4) is 0 Å². The first-order valence-electron chi connectivity index (χ1n) is 4.64. The van der Waals surface area contributed by atoms with Crippen LogP contribution in [0.15, 0.2) is 30.5 Å². The van der Waals surface area contributed by atoms with Crippen molar-refractivity contribution in [3.8, 4) is 17.0 Å². The molecule has 2 aromatic rings. The van der Waals surface area contributed by atoms with E-state index in [9.17, 15) is 5.11 Å². The maximum absolute atomic E-state index is 9.65. The maximum Gasteiger partial charge on any atom is 0.119 e. The Balaban J connectivity index is 2.58. The fourth-order valence-electron chi connectivity index (χ4n) is 1.60. The average molecular weight is 188 g/mol. The lowest BCUT2D eigenvalue weighted by molar-refractivity contribution is 0.469. The van der Waals surface area contributed by atoms with Gasteiger partial charge in [0.05, 0.1) is 5.69 Å². The Kier molecular flexibility index (Phi) is 2.23. The molecule has 0 spiro atoms. The van der Waals surface area contributed by atoms with E-state index in [-0.39, 0.29) is 0 Å². The lowest BCUT2D eigenvalue weighted by Crippen LogP contribution is -1.88. The summed E-state index contributed by atoms with van der Waals surface area (Å²) in [6, 6.07) is 7.40.